The Labute approximate surface area is 151 Å². The summed E-state index contributed by atoms with van der Waals surface area (Å²) in [5.41, 5.74) is 9.11. The van der Waals surface area contributed by atoms with Crippen LogP contribution in [-0.4, -0.2) is 15.8 Å². The van der Waals surface area contributed by atoms with Gasteiger partial charge in [0.15, 0.2) is 5.78 Å². The van der Waals surface area contributed by atoms with Crippen molar-refractivity contribution in [2.24, 2.45) is 0 Å². The van der Waals surface area contributed by atoms with Gasteiger partial charge in [0.1, 0.15) is 24.5 Å². The van der Waals surface area contributed by atoms with Gasteiger partial charge in [-0.1, -0.05) is 30.3 Å². The first-order valence-electron chi connectivity index (χ1n) is 8.45. The molecule has 5 nitrogen and oxygen atoms in total. The number of Topliss-reactive ketones (excluding diaryl/α,β-unsaturated/α-hetero) is 1. The van der Waals surface area contributed by atoms with Crippen LogP contribution < -0.4 is 10.5 Å². The normalized spacial score (nSPS) is 14.5. The lowest BCUT2D eigenvalue weighted by Crippen LogP contribution is -2.35. The number of fused-ring (bicyclic) bond motifs is 3. The molecule has 1 aliphatic rings. The Morgan fingerprint density at radius 3 is 2.58 bits per heavy atom. The number of hydrogen-bond acceptors (Lipinski definition) is 5. The number of ether oxygens (including phenoxy) is 1. The Morgan fingerprint density at radius 2 is 1.81 bits per heavy atom. The minimum Gasteiger partial charge on any atom is -0.489 e. The quantitative estimate of drug-likeness (QED) is 0.781. The second-order valence-electron chi connectivity index (χ2n) is 6.92. The molecule has 0 radical (unpaired) electrons. The third kappa shape index (κ3) is 2.52. The molecule has 4 rings (SSSR count). The summed E-state index contributed by atoms with van der Waals surface area (Å²) in [6.07, 6.45) is 1.43. The molecule has 2 aromatic carbocycles. The summed E-state index contributed by atoms with van der Waals surface area (Å²) in [4.78, 5) is 21.6. The highest BCUT2D eigenvalue weighted by molar-refractivity contribution is 6.12. The van der Waals surface area contributed by atoms with Crippen molar-refractivity contribution in [1.82, 2.24) is 9.97 Å². The van der Waals surface area contributed by atoms with Gasteiger partial charge in [-0.2, -0.15) is 0 Å². The Bertz CT molecular complexity index is 997. The molecule has 0 spiro atoms. The van der Waals surface area contributed by atoms with Crippen LogP contribution in [0.3, 0.4) is 0 Å². The van der Waals surface area contributed by atoms with E-state index in [0.29, 0.717) is 35.0 Å². The number of aromatic nitrogens is 2. The number of benzene rings is 2. The zero-order valence-corrected chi connectivity index (χ0v) is 14.7. The highest BCUT2D eigenvalue weighted by Crippen LogP contribution is 2.44. The highest BCUT2D eigenvalue weighted by atomic mass is 16.5. The van der Waals surface area contributed by atoms with E-state index in [1.165, 1.54) is 6.33 Å². The van der Waals surface area contributed by atoms with Crippen molar-refractivity contribution in [2.45, 2.75) is 25.9 Å². The van der Waals surface area contributed by atoms with Crippen molar-refractivity contribution in [3.8, 4) is 17.0 Å². The summed E-state index contributed by atoms with van der Waals surface area (Å²) in [5, 5.41) is 0. The molecule has 1 aromatic heterocycles. The number of carbonyl (C=O) groups is 1. The molecule has 0 saturated heterocycles. The monoisotopic (exact) mass is 345 g/mol. The molecule has 2 N–H and O–H groups in total. The summed E-state index contributed by atoms with van der Waals surface area (Å²) in [6.45, 7) is 4.16. The number of carbonyl (C=O) groups excluding carboxylic acids is 1. The molecular weight excluding hydrogens is 326 g/mol. The molecule has 0 saturated carbocycles. The number of ketones is 1. The number of hydrogen-bond donors (Lipinski definition) is 1. The fraction of sp³-hybridized carbons (Fsp3) is 0.190. The van der Waals surface area contributed by atoms with Gasteiger partial charge >= 0.3 is 0 Å². The molecule has 1 heterocycles. The second-order valence-corrected chi connectivity index (χ2v) is 6.92. The van der Waals surface area contributed by atoms with E-state index < -0.39 is 5.41 Å². The molecule has 0 bridgehead atoms. The minimum atomic E-state index is -0.786. The standard InChI is InChI=1S/C21H19N3O2/c1-21(2)17-18(23-12-24-20(17)22)15-9-8-14(10-16(15)19(21)25)26-11-13-6-4-3-5-7-13/h3-10,12H,11H2,1-2H3,(H2,22,23,24). The van der Waals surface area contributed by atoms with Crippen LogP contribution in [0, 0.1) is 0 Å². The summed E-state index contributed by atoms with van der Waals surface area (Å²) >= 11 is 0. The van der Waals surface area contributed by atoms with Gasteiger partial charge in [-0.05, 0) is 37.6 Å². The topological polar surface area (TPSA) is 78.1 Å². The van der Waals surface area contributed by atoms with Gasteiger partial charge in [-0.3, -0.25) is 4.79 Å². The van der Waals surface area contributed by atoms with Crippen LogP contribution in [0.5, 0.6) is 5.75 Å². The summed E-state index contributed by atoms with van der Waals surface area (Å²) in [7, 11) is 0. The Kier molecular flexibility index (Phi) is 3.72. The van der Waals surface area contributed by atoms with Crippen molar-refractivity contribution in [1.29, 1.82) is 0 Å². The van der Waals surface area contributed by atoms with Crippen molar-refractivity contribution < 1.29 is 9.53 Å². The van der Waals surface area contributed by atoms with E-state index in [1.54, 1.807) is 6.07 Å². The van der Waals surface area contributed by atoms with Crippen LogP contribution in [0.25, 0.3) is 11.3 Å². The second kappa shape index (κ2) is 5.95. The third-order valence-corrected chi connectivity index (χ3v) is 4.81. The molecule has 0 atom stereocenters. The number of nitrogen functional groups attached to an aromatic ring is 1. The maximum absolute atomic E-state index is 13.1. The van der Waals surface area contributed by atoms with Gasteiger partial charge in [0.05, 0.1) is 11.1 Å². The van der Waals surface area contributed by atoms with Crippen LogP contribution in [0.15, 0.2) is 54.9 Å². The van der Waals surface area contributed by atoms with Crippen LogP contribution in [0.4, 0.5) is 5.82 Å². The van der Waals surface area contributed by atoms with Crippen molar-refractivity contribution in [3.05, 3.63) is 71.5 Å². The van der Waals surface area contributed by atoms with Crippen LogP contribution >= 0.6 is 0 Å². The van der Waals surface area contributed by atoms with Gasteiger partial charge in [-0.25, -0.2) is 9.97 Å². The fourth-order valence-corrected chi connectivity index (χ4v) is 3.42. The number of nitrogens with zero attached hydrogens (tertiary/aromatic N) is 2. The predicted octanol–water partition coefficient (Wildman–Crippen LogP) is 3.78. The molecule has 0 aliphatic heterocycles. The third-order valence-electron chi connectivity index (χ3n) is 4.81. The van der Waals surface area contributed by atoms with E-state index in [0.717, 1.165) is 11.1 Å². The summed E-state index contributed by atoms with van der Waals surface area (Å²) in [5.74, 6) is 0.997. The van der Waals surface area contributed by atoms with E-state index in [9.17, 15) is 4.79 Å². The first kappa shape index (κ1) is 16.3. The molecule has 0 fully saturated rings. The molecule has 5 heteroatoms. The molecule has 3 aromatic rings. The predicted molar refractivity (Wildman–Crippen MR) is 100 cm³/mol. The number of rotatable bonds is 3. The van der Waals surface area contributed by atoms with Crippen molar-refractivity contribution in [3.63, 3.8) is 0 Å². The van der Waals surface area contributed by atoms with Crippen molar-refractivity contribution in [2.75, 3.05) is 5.73 Å². The molecule has 1 aliphatic carbocycles. The van der Waals surface area contributed by atoms with Crippen molar-refractivity contribution >= 4 is 11.6 Å². The van der Waals surface area contributed by atoms with Gasteiger partial charge in [-0.15, -0.1) is 0 Å². The summed E-state index contributed by atoms with van der Waals surface area (Å²) in [6, 6.07) is 15.4. The Balaban J connectivity index is 1.74. The van der Waals surface area contributed by atoms with Gasteiger partial charge in [0, 0.05) is 16.7 Å². The van der Waals surface area contributed by atoms with Crippen LogP contribution in [-0.2, 0) is 12.0 Å². The van der Waals surface area contributed by atoms with E-state index in [4.69, 9.17) is 10.5 Å². The highest BCUT2D eigenvalue weighted by Gasteiger charge is 2.41. The fourth-order valence-electron chi connectivity index (χ4n) is 3.42. The lowest BCUT2D eigenvalue weighted by atomic mass is 9.71. The average molecular weight is 345 g/mol. The zero-order valence-electron chi connectivity index (χ0n) is 14.7. The van der Waals surface area contributed by atoms with Gasteiger partial charge in [0.2, 0.25) is 0 Å². The van der Waals surface area contributed by atoms with E-state index in [1.807, 2.05) is 56.3 Å². The maximum atomic E-state index is 13.1. The maximum Gasteiger partial charge on any atom is 0.173 e. The Hall–Kier alpha value is -3.21. The van der Waals surface area contributed by atoms with Gasteiger partial charge in [0.25, 0.3) is 0 Å². The molecule has 26 heavy (non-hydrogen) atoms. The van der Waals surface area contributed by atoms with E-state index in [2.05, 4.69) is 9.97 Å². The molecule has 0 amide bonds. The molecule has 130 valence electrons. The zero-order chi connectivity index (χ0) is 18.3. The van der Waals surface area contributed by atoms with Crippen LogP contribution in [0.2, 0.25) is 0 Å². The largest absolute Gasteiger partial charge is 0.489 e. The summed E-state index contributed by atoms with van der Waals surface area (Å²) < 4.78 is 5.88. The molecule has 0 unspecified atom stereocenters. The number of nitrogens with two attached hydrogens (primary N) is 1. The average Bonchev–Trinajstić information content (AvgIpc) is 2.65. The lowest BCUT2D eigenvalue weighted by Gasteiger charge is -2.32. The Morgan fingerprint density at radius 1 is 1.04 bits per heavy atom. The number of anilines is 1. The lowest BCUT2D eigenvalue weighted by molar-refractivity contribution is 0.0906. The minimum absolute atomic E-state index is 0.00772. The molecular formula is C21H19N3O2. The SMILES string of the molecule is CC1(C)C(=O)c2cc(OCc3ccccc3)ccc2-c2ncnc(N)c21. The smallest absolute Gasteiger partial charge is 0.173 e. The first-order valence-corrected chi connectivity index (χ1v) is 8.45. The van der Waals surface area contributed by atoms with E-state index in [-0.39, 0.29) is 5.78 Å². The van der Waals surface area contributed by atoms with E-state index >= 15 is 0 Å². The first-order chi connectivity index (χ1) is 12.5. The van der Waals surface area contributed by atoms with Crippen LogP contribution in [0.1, 0.15) is 35.3 Å². The van der Waals surface area contributed by atoms with Gasteiger partial charge < -0.3 is 10.5 Å².